The van der Waals surface area contributed by atoms with Gasteiger partial charge in [-0.05, 0) is 37.4 Å². The van der Waals surface area contributed by atoms with Crippen molar-refractivity contribution in [2.24, 2.45) is 22.2 Å². The molecule has 0 saturated carbocycles. The molecule has 0 bridgehead atoms. The van der Waals surface area contributed by atoms with E-state index >= 15 is 0 Å². The first-order valence-electron chi connectivity index (χ1n) is 12.0. The molecule has 36 heavy (non-hydrogen) atoms. The topological polar surface area (TPSA) is 160 Å². The van der Waals surface area contributed by atoms with Crippen LogP contribution in [0.3, 0.4) is 0 Å². The molecule has 0 spiro atoms. The highest BCUT2D eigenvalue weighted by Gasteiger charge is 2.27. The number of aliphatic imine (C=N–C) groups is 1. The average molecular weight is 496 g/mol. The predicted octanol–water partition coefficient (Wildman–Crippen LogP) is 0.213. The van der Waals surface area contributed by atoms with Crippen LogP contribution < -0.4 is 22.5 Å². The molecule has 0 fully saturated rings. The molecule has 0 saturated heterocycles. The van der Waals surface area contributed by atoms with E-state index in [9.17, 15) is 14.4 Å². The zero-order valence-corrected chi connectivity index (χ0v) is 20.8. The first kappa shape index (κ1) is 28.3. The summed E-state index contributed by atoms with van der Waals surface area (Å²) in [5.41, 5.74) is 18.1. The molecule has 10 heteroatoms. The zero-order chi connectivity index (χ0) is 26.3. The van der Waals surface area contributed by atoms with Gasteiger partial charge in [0.05, 0.1) is 13.1 Å². The normalized spacial score (nSPS) is 11.4. The fourth-order valence-electron chi connectivity index (χ4n) is 3.55. The number of carbonyl (C=O) groups is 3. The van der Waals surface area contributed by atoms with Gasteiger partial charge in [-0.3, -0.25) is 19.4 Å². The lowest BCUT2D eigenvalue weighted by Crippen LogP contribution is -2.51. The Morgan fingerprint density at radius 1 is 0.917 bits per heavy atom. The van der Waals surface area contributed by atoms with Crippen LogP contribution in [-0.2, 0) is 27.3 Å². The highest BCUT2D eigenvalue weighted by atomic mass is 16.2. The molecular weight excluding hydrogens is 458 g/mol. The Bertz CT molecular complexity index is 995. The number of primary amides is 1. The van der Waals surface area contributed by atoms with Crippen molar-refractivity contribution in [3.8, 4) is 0 Å². The van der Waals surface area contributed by atoms with Crippen LogP contribution in [0.5, 0.6) is 0 Å². The summed E-state index contributed by atoms with van der Waals surface area (Å²) >= 11 is 0. The minimum atomic E-state index is -0.822. The number of amides is 3. The SMILES string of the molecule is CC(C(N)=O)N(Cc1ccccc1)C(=O)CN(CCc1ccccc1)C(=O)CNCCCN=C(N)N. The Balaban J connectivity index is 2.08. The minimum Gasteiger partial charge on any atom is -0.370 e. The van der Waals surface area contributed by atoms with Gasteiger partial charge >= 0.3 is 0 Å². The molecule has 2 aromatic rings. The number of carbonyl (C=O) groups excluding carboxylic acids is 3. The fraction of sp³-hybridized carbons (Fsp3) is 0.385. The predicted molar refractivity (Wildman–Crippen MR) is 141 cm³/mol. The molecule has 0 heterocycles. The molecule has 194 valence electrons. The molecule has 7 N–H and O–H groups in total. The van der Waals surface area contributed by atoms with Crippen molar-refractivity contribution in [3.63, 3.8) is 0 Å². The Hall–Kier alpha value is -3.92. The Kier molecular flexibility index (Phi) is 11.9. The van der Waals surface area contributed by atoms with Gasteiger partial charge < -0.3 is 32.3 Å². The van der Waals surface area contributed by atoms with Gasteiger partial charge in [0.15, 0.2) is 5.96 Å². The number of hydrogen-bond donors (Lipinski definition) is 4. The van der Waals surface area contributed by atoms with Crippen molar-refractivity contribution in [1.82, 2.24) is 15.1 Å². The van der Waals surface area contributed by atoms with Crippen LogP contribution in [0.4, 0.5) is 0 Å². The van der Waals surface area contributed by atoms with Crippen LogP contribution in [0.25, 0.3) is 0 Å². The largest absolute Gasteiger partial charge is 0.370 e. The summed E-state index contributed by atoms with van der Waals surface area (Å²) in [5, 5.41) is 3.08. The number of hydrogen-bond acceptors (Lipinski definition) is 5. The monoisotopic (exact) mass is 495 g/mol. The van der Waals surface area contributed by atoms with E-state index in [1.54, 1.807) is 6.92 Å². The van der Waals surface area contributed by atoms with Gasteiger partial charge in [0, 0.05) is 19.6 Å². The Morgan fingerprint density at radius 2 is 1.53 bits per heavy atom. The maximum Gasteiger partial charge on any atom is 0.243 e. The van der Waals surface area contributed by atoms with Crippen LogP contribution in [0, 0.1) is 0 Å². The standard InChI is InChI=1S/C26H37N7O3/c1-20(25(27)36)33(18-22-11-6-3-7-12-22)24(35)19-32(16-13-21-9-4-2-5-10-21)23(34)17-30-14-8-15-31-26(28)29/h2-7,9-12,20,30H,8,13-19H2,1H3,(H2,27,36)(H4,28,29,31). The zero-order valence-electron chi connectivity index (χ0n) is 20.8. The molecule has 1 unspecified atom stereocenters. The number of nitrogens with two attached hydrogens (primary N) is 3. The van der Waals surface area contributed by atoms with E-state index in [1.165, 1.54) is 9.80 Å². The van der Waals surface area contributed by atoms with Crippen molar-refractivity contribution in [2.75, 3.05) is 32.7 Å². The van der Waals surface area contributed by atoms with Gasteiger partial charge in [-0.15, -0.1) is 0 Å². The summed E-state index contributed by atoms with van der Waals surface area (Å²) in [6, 6.07) is 18.3. The second-order valence-electron chi connectivity index (χ2n) is 8.47. The number of benzene rings is 2. The van der Waals surface area contributed by atoms with Crippen LogP contribution in [-0.4, -0.2) is 72.2 Å². The fourth-order valence-corrected chi connectivity index (χ4v) is 3.55. The van der Waals surface area contributed by atoms with E-state index in [-0.39, 0.29) is 37.4 Å². The smallest absolute Gasteiger partial charge is 0.243 e. The van der Waals surface area contributed by atoms with Crippen molar-refractivity contribution >= 4 is 23.7 Å². The number of rotatable bonds is 15. The first-order chi connectivity index (χ1) is 17.3. The lowest BCUT2D eigenvalue weighted by molar-refractivity contribution is -0.144. The van der Waals surface area contributed by atoms with Crippen molar-refractivity contribution in [3.05, 3.63) is 71.8 Å². The quantitative estimate of drug-likeness (QED) is 0.157. The van der Waals surface area contributed by atoms with Crippen molar-refractivity contribution in [2.45, 2.75) is 32.4 Å². The number of nitrogens with one attached hydrogen (secondary N) is 1. The Morgan fingerprint density at radius 3 is 2.11 bits per heavy atom. The highest BCUT2D eigenvalue weighted by molar-refractivity contribution is 5.89. The second-order valence-corrected chi connectivity index (χ2v) is 8.47. The van der Waals surface area contributed by atoms with E-state index in [0.29, 0.717) is 32.5 Å². The van der Waals surface area contributed by atoms with E-state index in [1.807, 2.05) is 60.7 Å². The van der Waals surface area contributed by atoms with Crippen LogP contribution in [0.2, 0.25) is 0 Å². The number of guanidine groups is 1. The summed E-state index contributed by atoms with van der Waals surface area (Å²) in [6.45, 7) is 3.07. The van der Waals surface area contributed by atoms with Crippen LogP contribution in [0.15, 0.2) is 65.7 Å². The highest BCUT2D eigenvalue weighted by Crippen LogP contribution is 2.11. The summed E-state index contributed by atoms with van der Waals surface area (Å²) in [6.07, 6.45) is 1.25. The molecule has 0 aliphatic carbocycles. The molecule has 0 aromatic heterocycles. The minimum absolute atomic E-state index is 0.0296. The van der Waals surface area contributed by atoms with Gasteiger partial charge in [-0.25, -0.2) is 0 Å². The van der Waals surface area contributed by atoms with Crippen LogP contribution >= 0.6 is 0 Å². The van der Waals surface area contributed by atoms with Crippen molar-refractivity contribution < 1.29 is 14.4 Å². The second kappa shape index (κ2) is 15.2. The third kappa shape index (κ3) is 10.1. The summed E-state index contributed by atoms with van der Waals surface area (Å²) in [5.74, 6) is -1.14. The first-order valence-corrected chi connectivity index (χ1v) is 12.0. The maximum absolute atomic E-state index is 13.4. The third-order valence-corrected chi connectivity index (χ3v) is 5.67. The van der Waals surface area contributed by atoms with Crippen LogP contribution in [0.1, 0.15) is 24.5 Å². The molecule has 3 amide bonds. The molecule has 0 radical (unpaired) electrons. The molecule has 10 nitrogen and oxygen atoms in total. The van der Waals surface area contributed by atoms with Gasteiger partial charge in [0.25, 0.3) is 0 Å². The molecule has 0 aliphatic heterocycles. The third-order valence-electron chi connectivity index (χ3n) is 5.67. The molecule has 1 atom stereocenters. The maximum atomic E-state index is 13.4. The number of nitrogens with zero attached hydrogens (tertiary/aromatic N) is 3. The van der Waals surface area contributed by atoms with E-state index in [4.69, 9.17) is 17.2 Å². The lowest BCUT2D eigenvalue weighted by Gasteiger charge is -2.31. The van der Waals surface area contributed by atoms with Gasteiger partial charge in [0.1, 0.15) is 6.04 Å². The van der Waals surface area contributed by atoms with Crippen molar-refractivity contribution in [1.29, 1.82) is 0 Å². The van der Waals surface area contributed by atoms with E-state index < -0.39 is 11.9 Å². The summed E-state index contributed by atoms with van der Waals surface area (Å²) in [4.78, 5) is 45.2. The summed E-state index contributed by atoms with van der Waals surface area (Å²) < 4.78 is 0. The summed E-state index contributed by atoms with van der Waals surface area (Å²) in [7, 11) is 0. The van der Waals surface area contributed by atoms with E-state index in [0.717, 1.165) is 11.1 Å². The van der Waals surface area contributed by atoms with Gasteiger partial charge in [-0.1, -0.05) is 60.7 Å². The molecule has 2 aromatic carbocycles. The molecule has 2 rings (SSSR count). The van der Waals surface area contributed by atoms with E-state index in [2.05, 4.69) is 10.3 Å². The molecule has 0 aliphatic rings. The average Bonchev–Trinajstić information content (AvgIpc) is 2.87. The van der Waals surface area contributed by atoms with Gasteiger partial charge in [0.2, 0.25) is 17.7 Å². The van der Waals surface area contributed by atoms with Gasteiger partial charge in [-0.2, -0.15) is 0 Å². The lowest BCUT2D eigenvalue weighted by atomic mass is 10.1. The Labute approximate surface area is 212 Å². The molecular formula is C26H37N7O3.